The van der Waals surface area contributed by atoms with E-state index < -0.39 is 0 Å². The summed E-state index contributed by atoms with van der Waals surface area (Å²) in [5.41, 5.74) is 8.47. The molecule has 0 saturated heterocycles. The fraction of sp³-hybridized carbons (Fsp3) is 0.143. The van der Waals surface area contributed by atoms with Crippen molar-refractivity contribution in [2.45, 2.75) is 13.5 Å². The number of anilines is 2. The van der Waals surface area contributed by atoms with Crippen LogP contribution < -0.4 is 11.1 Å². The molecule has 7 nitrogen and oxygen atoms in total. The molecule has 0 saturated carbocycles. The van der Waals surface area contributed by atoms with Gasteiger partial charge in [0.25, 0.3) is 5.91 Å². The van der Waals surface area contributed by atoms with Gasteiger partial charge >= 0.3 is 0 Å². The molecule has 3 rings (SSSR count). The van der Waals surface area contributed by atoms with E-state index >= 15 is 0 Å². The second-order valence-electron chi connectivity index (χ2n) is 4.50. The molecule has 0 fully saturated rings. The third-order valence-electron chi connectivity index (χ3n) is 3.06. The maximum atomic E-state index is 12.2. The van der Waals surface area contributed by atoms with Gasteiger partial charge < -0.3 is 11.1 Å². The van der Waals surface area contributed by atoms with Gasteiger partial charge in [-0.3, -0.25) is 19.4 Å². The number of benzene rings is 1. The summed E-state index contributed by atoms with van der Waals surface area (Å²) in [4.78, 5) is 20.6. The minimum Gasteiger partial charge on any atom is -0.396 e. The highest BCUT2D eigenvalue weighted by atomic mass is 16.2. The number of carbonyl (C=O) groups excluding carboxylic acids is 1. The summed E-state index contributed by atoms with van der Waals surface area (Å²) in [6.45, 7) is 2.58. The van der Waals surface area contributed by atoms with Crippen LogP contribution in [-0.4, -0.2) is 25.7 Å². The molecular weight excluding hydrogens is 268 g/mol. The molecule has 1 amide bonds. The van der Waals surface area contributed by atoms with Gasteiger partial charge in [0.2, 0.25) is 0 Å². The van der Waals surface area contributed by atoms with Crippen LogP contribution in [0.15, 0.2) is 36.8 Å². The van der Waals surface area contributed by atoms with E-state index in [1.807, 2.05) is 6.92 Å². The molecule has 0 aliphatic carbocycles. The van der Waals surface area contributed by atoms with Gasteiger partial charge in [0.15, 0.2) is 5.69 Å². The number of nitrogens with one attached hydrogen (secondary N) is 1. The molecule has 1 aromatic carbocycles. The Labute approximate surface area is 120 Å². The average molecular weight is 282 g/mol. The minimum absolute atomic E-state index is 0.219. The van der Waals surface area contributed by atoms with E-state index in [1.54, 1.807) is 41.5 Å². The van der Waals surface area contributed by atoms with E-state index in [0.717, 1.165) is 5.52 Å². The fourth-order valence-corrected chi connectivity index (χ4v) is 2.01. The lowest BCUT2D eigenvalue weighted by molar-refractivity contribution is 0.102. The van der Waals surface area contributed by atoms with Crippen LogP contribution in [0.5, 0.6) is 0 Å². The first-order valence-corrected chi connectivity index (χ1v) is 6.52. The molecule has 0 bridgehead atoms. The summed E-state index contributed by atoms with van der Waals surface area (Å²) in [5, 5.41) is 6.90. The van der Waals surface area contributed by atoms with E-state index in [0.29, 0.717) is 23.4 Å². The van der Waals surface area contributed by atoms with Gasteiger partial charge in [0, 0.05) is 30.8 Å². The Bertz CT molecular complexity index is 810. The summed E-state index contributed by atoms with van der Waals surface area (Å²) in [6, 6.07) is 5.32. The largest absolute Gasteiger partial charge is 0.396 e. The van der Waals surface area contributed by atoms with Crippen LogP contribution in [0.3, 0.4) is 0 Å². The van der Waals surface area contributed by atoms with E-state index in [2.05, 4.69) is 20.4 Å². The molecule has 7 heteroatoms. The molecule has 0 atom stereocenters. The fourth-order valence-electron chi connectivity index (χ4n) is 2.01. The Hall–Kier alpha value is -2.96. The SMILES string of the molecule is CCn1cc(N)c(C(=O)Nc2ccc3nccnc3c2)n1. The van der Waals surface area contributed by atoms with Gasteiger partial charge in [-0.05, 0) is 25.1 Å². The highest BCUT2D eigenvalue weighted by molar-refractivity contribution is 6.06. The molecule has 3 N–H and O–H groups in total. The van der Waals surface area contributed by atoms with Gasteiger partial charge in [-0.2, -0.15) is 5.10 Å². The number of carbonyl (C=O) groups is 1. The van der Waals surface area contributed by atoms with Gasteiger partial charge in [-0.15, -0.1) is 0 Å². The van der Waals surface area contributed by atoms with Crippen LogP contribution in [0.2, 0.25) is 0 Å². The van der Waals surface area contributed by atoms with Crippen molar-refractivity contribution in [2.75, 3.05) is 11.1 Å². The Morgan fingerprint density at radius 2 is 2.05 bits per heavy atom. The maximum Gasteiger partial charge on any atom is 0.278 e. The van der Waals surface area contributed by atoms with E-state index in [1.165, 1.54) is 0 Å². The number of fused-ring (bicyclic) bond motifs is 1. The smallest absolute Gasteiger partial charge is 0.278 e. The van der Waals surface area contributed by atoms with Crippen LogP contribution in [0.1, 0.15) is 17.4 Å². The van der Waals surface area contributed by atoms with Crippen LogP contribution >= 0.6 is 0 Å². The Morgan fingerprint density at radius 3 is 2.76 bits per heavy atom. The monoisotopic (exact) mass is 282 g/mol. The van der Waals surface area contributed by atoms with Gasteiger partial charge in [0.1, 0.15) is 0 Å². The van der Waals surface area contributed by atoms with E-state index in [-0.39, 0.29) is 11.6 Å². The Kier molecular flexibility index (Phi) is 3.23. The van der Waals surface area contributed by atoms with Gasteiger partial charge in [-0.25, -0.2) is 0 Å². The summed E-state index contributed by atoms with van der Waals surface area (Å²) in [5.74, 6) is -0.344. The van der Waals surface area contributed by atoms with Crippen molar-refractivity contribution >= 4 is 28.3 Å². The zero-order valence-corrected chi connectivity index (χ0v) is 11.4. The summed E-state index contributed by atoms with van der Waals surface area (Å²) in [7, 11) is 0. The molecule has 2 heterocycles. The number of hydrogen-bond donors (Lipinski definition) is 2. The molecule has 2 aromatic heterocycles. The summed E-state index contributed by atoms with van der Waals surface area (Å²) in [6.07, 6.45) is 4.87. The van der Waals surface area contributed by atoms with Crippen LogP contribution in [0, 0.1) is 0 Å². The average Bonchev–Trinajstić information content (AvgIpc) is 2.88. The number of nitrogens with zero attached hydrogens (tertiary/aromatic N) is 4. The van der Waals surface area contributed by atoms with Crippen molar-refractivity contribution in [3.63, 3.8) is 0 Å². The lowest BCUT2D eigenvalue weighted by atomic mass is 10.2. The zero-order valence-electron chi connectivity index (χ0n) is 11.4. The lowest BCUT2D eigenvalue weighted by Crippen LogP contribution is -2.14. The van der Waals surface area contributed by atoms with E-state index in [9.17, 15) is 4.79 Å². The topological polar surface area (TPSA) is 98.7 Å². The first kappa shape index (κ1) is 13.0. The molecule has 0 aliphatic rings. The molecule has 0 unspecified atom stereocenters. The number of aromatic nitrogens is 4. The third-order valence-corrected chi connectivity index (χ3v) is 3.06. The van der Waals surface area contributed by atoms with Crippen LogP contribution in [0.4, 0.5) is 11.4 Å². The first-order valence-electron chi connectivity index (χ1n) is 6.52. The number of aryl methyl sites for hydroxylation is 1. The molecule has 0 spiro atoms. The molecule has 3 aromatic rings. The molecule has 21 heavy (non-hydrogen) atoms. The molecule has 0 aliphatic heterocycles. The molecule has 0 radical (unpaired) electrons. The number of nitrogen functional groups attached to an aromatic ring is 1. The second-order valence-corrected chi connectivity index (χ2v) is 4.50. The number of rotatable bonds is 3. The lowest BCUT2D eigenvalue weighted by Gasteiger charge is -2.04. The van der Waals surface area contributed by atoms with Crippen molar-refractivity contribution < 1.29 is 4.79 Å². The standard InChI is InChI=1S/C14H14N6O/c1-2-20-8-10(15)13(19-20)14(21)18-9-3-4-11-12(7-9)17-6-5-16-11/h3-8H,2,15H2,1H3,(H,18,21). The summed E-state index contributed by atoms with van der Waals surface area (Å²) < 4.78 is 1.62. The Morgan fingerprint density at radius 1 is 1.29 bits per heavy atom. The number of amides is 1. The van der Waals surface area contributed by atoms with E-state index in [4.69, 9.17) is 5.73 Å². The van der Waals surface area contributed by atoms with Crippen LogP contribution in [0.25, 0.3) is 11.0 Å². The quantitative estimate of drug-likeness (QED) is 0.761. The number of nitrogens with two attached hydrogens (primary N) is 1. The summed E-state index contributed by atoms with van der Waals surface area (Å²) >= 11 is 0. The second kappa shape index (κ2) is 5.20. The van der Waals surface area contributed by atoms with Crippen LogP contribution in [-0.2, 0) is 6.54 Å². The third kappa shape index (κ3) is 2.53. The highest BCUT2D eigenvalue weighted by Gasteiger charge is 2.14. The predicted octanol–water partition coefficient (Wildman–Crippen LogP) is 1.68. The van der Waals surface area contributed by atoms with Crippen molar-refractivity contribution in [1.29, 1.82) is 0 Å². The van der Waals surface area contributed by atoms with Crippen molar-refractivity contribution in [3.05, 3.63) is 42.5 Å². The van der Waals surface area contributed by atoms with Crippen molar-refractivity contribution in [1.82, 2.24) is 19.7 Å². The molecular formula is C14H14N6O. The first-order chi connectivity index (χ1) is 10.2. The zero-order chi connectivity index (χ0) is 14.8. The number of hydrogen-bond acceptors (Lipinski definition) is 5. The van der Waals surface area contributed by atoms with Gasteiger partial charge in [0.05, 0.1) is 16.7 Å². The Balaban J connectivity index is 1.87. The van der Waals surface area contributed by atoms with Crippen molar-refractivity contribution in [2.24, 2.45) is 0 Å². The van der Waals surface area contributed by atoms with Gasteiger partial charge in [-0.1, -0.05) is 0 Å². The predicted molar refractivity (Wildman–Crippen MR) is 79.8 cm³/mol. The highest BCUT2D eigenvalue weighted by Crippen LogP contribution is 2.17. The normalized spacial score (nSPS) is 10.7. The maximum absolute atomic E-state index is 12.2. The molecule has 106 valence electrons. The minimum atomic E-state index is -0.344. The van der Waals surface area contributed by atoms with Crippen molar-refractivity contribution in [3.8, 4) is 0 Å².